The van der Waals surface area contributed by atoms with E-state index in [2.05, 4.69) is 30.4 Å². The van der Waals surface area contributed by atoms with E-state index in [-0.39, 0.29) is 5.91 Å². The van der Waals surface area contributed by atoms with Crippen LogP contribution in [-0.4, -0.2) is 25.7 Å². The summed E-state index contributed by atoms with van der Waals surface area (Å²) < 4.78 is 16.4. The summed E-state index contributed by atoms with van der Waals surface area (Å²) in [4.78, 5) is 11.8. The molecule has 1 aromatic heterocycles. The van der Waals surface area contributed by atoms with Crippen LogP contribution < -0.4 is 10.1 Å². The lowest BCUT2D eigenvalue weighted by molar-refractivity contribution is -0.121. The second-order valence-electron chi connectivity index (χ2n) is 6.41. The highest BCUT2D eigenvalue weighted by molar-refractivity contribution is 5.75. The molecule has 2 rings (SSSR count). The first-order chi connectivity index (χ1) is 12.6. The van der Waals surface area contributed by atoms with Gasteiger partial charge in [0.1, 0.15) is 18.1 Å². The van der Waals surface area contributed by atoms with E-state index in [1.807, 2.05) is 19.1 Å². The van der Waals surface area contributed by atoms with Crippen LogP contribution in [0.3, 0.4) is 0 Å². The summed E-state index contributed by atoms with van der Waals surface area (Å²) in [5.41, 5.74) is 2.33. The van der Waals surface area contributed by atoms with Gasteiger partial charge in [-0.15, -0.1) is 0 Å². The molecule has 5 heteroatoms. The molecule has 26 heavy (non-hydrogen) atoms. The second kappa shape index (κ2) is 11.4. The first-order valence-corrected chi connectivity index (χ1v) is 9.22. The smallest absolute Gasteiger partial charge is 0.219 e. The van der Waals surface area contributed by atoms with Crippen LogP contribution in [0.1, 0.15) is 42.6 Å². The molecule has 0 spiro atoms. The third-order valence-corrected chi connectivity index (χ3v) is 4.01. The molecule has 0 aliphatic heterocycles. The van der Waals surface area contributed by atoms with Gasteiger partial charge in [0.15, 0.2) is 0 Å². The zero-order valence-electron chi connectivity index (χ0n) is 15.8. The van der Waals surface area contributed by atoms with Gasteiger partial charge in [0.25, 0.3) is 0 Å². The normalized spacial score (nSPS) is 10.7. The van der Waals surface area contributed by atoms with E-state index >= 15 is 0 Å². The summed E-state index contributed by atoms with van der Waals surface area (Å²) >= 11 is 0. The summed E-state index contributed by atoms with van der Waals surface area (Å²) in [6.07, 6.45) is 4.65. The van der Waals surface area contributed by atoms with Crippen molar-refractivity contribution in [3.8, 4) is 5.75 Å². The largest absolute Gasteiger partial charge is 0.493 e. The standard InChI is InChI=1S/C21H29NO4/c1-17-9-10-18(2)20(15-17)26-13-4-3-8-21(23)22-11-6-12-24-16-19-7-5-14-25-19/h5,7,9-10,14-15H,3-4,6,8,11-13,16H2,1-2H3,(H,22,23). The number of hydrogen-bond acceptors (Lipinski definition) is 4. The molecule has 1 aromatic carbocycles. The number of unbranched alkanes of at least 4 members (excludes halogenated alkanes) is 1. The zero-order chi connectivity index (χ0) is 18.6. The fourth-order valence-corrected chi connectivity index (χ4v) is 2.49. The second-order valence-corrected chi connectivity index (χ2v) is 6.41. The van der Waals surface area contributed by atoms with Crippen LogP contribution in [0.5, 0.6) is 5.75 Å². The highest BCUT2D eigenvalue weighted by Crippen LogP contribution is 2.19. The van der Waals surface area contributed by atoms with Crippen LogP contribution >= 0.6 is 0 Å². The summed E-state index contributed by atoms with van der Waals surface area (Å²) in [5, 5.41) is 2.92. The molecule has 0 atom stereocenters. The minimum atomic E-state index is 0.0859. The van der Waals surface area contributed by atoms with Gasteiger partial charge in [-0.3, -0.25) is 4.79 Å². The third-order valence-electron chi connectivity index (χ3n) is 4.01. The number of amides is 1. The van der Waals surface area contributed by atoms with E-state index in [4.69, 9.17) is 13.9 Å². The van der Waals surface area contributed by atoms with Gasteiger partial charge in [-0.05, 0) is 62.4 Å². The Morgan fingerprint density at radius 1 is 1.12 bits per heavy atom. The van der Waals surface area contributed by atoms with Crippen LogP contribution in [0.2, 0.25) is 0 Å². The molecule has 1 amide bonds. The lowest BCUT2D eigenvalue weighted by atomic mass is 10.1. The number of carbonyl (C=O) groups excluding carboxylic acids is 1. The maximum atomic E-state index is 11.8. The quantitative estimate of drug-likeness (QED) is 0.578. The first kappa shape index (κ1) is 20.0. The Morgan fingerprint density at radius 3 is 2.81 bits per heavy atom. The number of furan rings is 1. The van der Waals surface area contributed by atoms with Gasteiger partial charge < -0.3 is 19.2 Å². The zero-order valence-corrected chi connectivity index (χ0v) is 15.8. The molecule has 5 nitrogen and oxygen atoms in total. The molecule has 0 saturated carbocycles. The Morgan fingerprint density at radius 2 is 2.00 bits per heavy atom. The van der Waals surface area contributed by atoms with E-state index < -0.39 is 0 Å². The molecule has 0 aliphatic carbocycles. The van der Waals surface area contributed by atoms with Crippen molar-refractivity contribution in [2.75, 3.05) is 19.8 Å². The molecule has 1 N–H and O–H groups in total. The summed E-state index contributed by atoms with van der Waals surface area (Å²) in [6.45, 7) is 6.44. The summed E-state index contributed by atoms with van der Waals surface area (Å²) in [5.74, 6) is 1.84. The number of hydrogen-bond donors (Lipinski definition) is 1. The molecule has 0 radical (unpaired) electrons. The summed E-state index contributed by atoms with van der Waals surface area (Å²) in [7, 11) is 0. The molecule has 0 aliphatic rings. The van der Waals surface area contributed by atoms with E-state index in [1.165, 1.54) is 5.56 Å². The number of benzene rings is 1. The van der Waals surface area contributed by atoms with Crippen molar-refractivity contribution < 1.29 is 18.7 Å². The predicted octanol–water partition coefficient (Wildman–Crippen LogP) is 4.17. The lowest BCUT2D eigenvalue weighted by Crippen LogP contribution is -2.25. The molecule has 0 fully saturated rings. The topological polar surface area (TPSA) is 60.7 Å². The molecule has 0 bridgehead atoms. The van der Waals surface area contributed by atoms with Gasteiger partial charge in [-0.25, -0.2) is 0 Å². The number of nitrogens with one attached hydrogen (secondary N) is 1. The van der Waals surface area contributed by atoms with Gasteiger partial charge in [0.05, 0.1) is 12.9 Å². The molecular formula is C21H29NO4. The van der Waals surface area contributed by atoms with Crippen LogP contribution in [-0.2, 0) is 16.1 Å². The molecular weight excluding hydrogens is 330 g/mol. The van der Waals surface area contributed by atoms with Gasteiger partial charge in [-0.1, -0.05) is 12.1 Å². The molecule has 0 saturated heterocycles. The van der Waals surface area contributed by atoms with Crippen molar-refractivity contribution in [2.24, 2.45) is 0 Å². The van der Waals surface area contributed by atoms with Crippen LogP contribution in [0, 0.1) is 13.8 Å². The van der Waals surface area contributed by atoms with Gasteiger partial charge in [0.2, 0.25) is 5.91 Å². The Hall–Kier alpha value is -2.27. The van der Waals surface area contributed by atoms with Crippen molar-refractivity contribution >= 4 is 5.91 Å². The van der Waals surface area contributed by atoms with E-state index in [0.29, 0.717) is 32.8 Å². The minimum Gasteiger partial charge on any atom is -0.493 e. The van der Waals surface area contributed by atoms with Gasteiger partial charge >= 0.3 is 0 Å². The SMILES string of the molecule is Cc1ccc(C)c(OCCCCC(=O)NCCCOCc2ccco2)c1. The number of ether oxygens (including phenoxy) is 2. The maximum absolute atomic E-state index is 11.8. The monoisotopic (exact) mass is 359 g/mol. The van der Waals surface area contributed by atoms with Crippen molar-refractivity contribution in [3.63, 3.8) is 0 Å². The average Bonchev–Trinajstić information content (AvgIpc) is 3.14. The van der Waals surface area contributed by atoms with Crippen molar-refractivity contribution in [1.29, 1.82) is 0 Å². The van der Waals surface area contributed by atoms with E-state index in [0.717, 1.165) is 36.3 Å². The van der Waals surface area contributed by atoms with Crippen LogP contribution in [0.4, 0.5) is 0 Å². The van der Waals surface area contributed by atoms with Gasteiger partial charge in [-0.2, -0.15) is 0 Å². The van der Waals surface area contributed by atoms with E-state index in [1.54, 1.807) is 6.26 Å². The predicted molar refractivity (Wildman–Crippen MR) is 101 cm³/mol. The Bertz CT molecular complexity index is 652. The van der Waals surface area contributed by atoms with Crippen LogP contribution in [0.15, 0.2) is 41.0 Å². The Labute approximate surface area is 155 Å². The summed E-state index contributed by atoms with van der Waals surface area (Å²) in [6, 6.07) is 9.92. The minimum absolute atomic E-state index is 0.0859. The molecule has 1 heterocycles. The average molecular weight is 359 g/mol. The highest BCUT2D eigenvalue weighted by Gasteiger charge is 2.03. The molecule has 0 unspecified atom stereocenters. The Kier molecular flexibility index (Phi) is 8.76. The van der Waals surface area contributed by atoms with E-state index in [9.17, 15) is 4.79 Å². The highest BCUT2D eigenvalue weighted by atomic mass is 16.5. The third kappa shape index (κ3) is 7.74. The number of aryl methyl sites for hydroxylation is 2. The van der Waals surface area contributed by atoms with Crippen molar-refractivity contribution in [2.45, 2.75) is 46.1 Å². The molecule has 142 valence electrons. The fourth-order valence-electron chi connectivity index (χ4n) is 2.49. The molecule has 2 aromatic rings. The Balaban J connectivity index is 1.44. The number of carbonyl (C=O) groups is 1. The maximum Gasteiger partial charge on any atom is 0.219 e. The van der Waals surface area contributed by atoms with Crippen molar-refractivity contribution in [1.82, 2.24) is 5.32 Å². The van der Waals surface area contributed by atoms with Gasteiger partial charge in [0, 0.05) is 19.6 Å². The first-order valence-electron chi connectivity index (χ1n) is 9.22. The van der Waals surface area contributed by atoms with Crippen LogP contribution in [0.25, 0.3) is 0 Å². The number of rotatable bonds is 12. The fraction of sp³-hybridized carbons (Fsp3) is 0.476. The lowest BCUT2D eigenvalue weighted by Gasteiger charge is -2.10. The van der Waals surface area contributed by atoms with Crippen molar-refractivity contribution in [3.05, 3.63) is 53.5 Å².